The van der Waals surface area contributed by atoms with Crippen molar-refractivity contribution in [1.29, 1.82) is 0 Å². The van der Waals surface area contributed by atoms with Crippen LogP contribution in [-0.4, -0.2) is 46.0 Å². The molecular weight excluding hydrogens is 126 g/mol. The van der Waals surface area contributed by atoms with Gasteiger partial charge in [-0.3, -0.25) is 0 Å². The Hall–Kier alpha value is -1.80. The Balaban J connectivity index is 2.71. The molecule has 0 aromatic carbocycles. The van der Waals surface area contributed by atoms with Gasteiger partial charge in [0.1, 0.15) is 0 Å². The van der Waals surface area contributed by atoms with Crippen LogP contribution in [-0.2, 0) is 0 Å². The minimum Gasteiger partial charge on any atom is -0.185 e. The Morgan fingerprint density at radius 2 is 1.44 bits per heavy atom. The zero-order valence-corrected chi connectivity index (χ0v) is 4.29. The van der Waals surface area contributed by atoms with Crippen LogP contribution in [0, 0.1) is 0 Å². The summed E-state index contributed by atoms with van der Waals surface area (Å²) in [6, 6.07) is 0. The maximum Gasteiger partial charge on any atom is -0.0325 e. The van der Waals surface area contributed by atoms with Crippen molar-refractivity contribution in [2.45, 2.75) is 0 Å². The van der Waals surface area contributed by atoms with E-state index in [0.717, 1.165) is 0 Å². The lowest BCUT2D eigenvalue weighted by molar-refractivity contribution is 0.570. The van der Waals surface area contributed by atoms with Crippen molar-refractivity contribution in [3.8, 4) is 0 Å². The third-order valence-electron chi connectivity index (χ3n) is 0.812. The van der Waals surface area contributed by atoms with Gasteiger partial charge in [-0.15, -0.1) is 0 Å². The fraction of sp³-hybridized carbons (Fsp3) is 0. The molecule has 50 valence electrons. The molecular formula is H5N9. The van der Waals surface area contributed by atoms with Crippen LogP contribution in [0.3, 0.4) is 0 Å². The number of nitrogens with zero attached hydrogens (tertiary/aromatic N) is 4. The number of nitrogens with one attached hydrogen (secondary N) is 5. The SMILES string of the molecule is n1n[nH][nH]n2[nH]n2[nH][nH]1. The van der Waals surface area contributed by atoms with Crippen LogP contribution in [0.15, 0.2) is 0 Å². The molecule has 0 fully saturated rings. The molecule has 0 aliphatic carbocycles. The average molecular weight is 131 g/mol. The van der Waals surface area contributed by atoms with E-state index in [1.807, 2.05) is 0 Å². The predicted octanol–water partition coefficient (Wildman–Crippen LogP) is -1.84. The molecule has 0 saturated heterocycles. The summed E-state index contributed by atoms with van der Waals surface area (Å²) < 4.78 is 3.01. The summed E-state index contributed by atoms with van der Waals surface area (Å²) in [7, 11) is 0. The number of aromatic amines is 5. The lowest BCUT2D eigenvalue weighted by Gasteiger charge is -1.75. The Labute approximate surface area is 47.2 Å². The van der Waals surface area contributed by atoms with Crippen LogP contribution in [0.4, 0.5) is 0 Å². The van der Waals surface area contributed by atoms with Crippen molar-refractivity contribution in [3.63, 3.8) is 0 Å². The smallest absolute Gasteiger partial charge is 0.0325 e. The second kappa shape index (κ2) is 1.34. The molecule has 0 aliphatic rings. The van der Waals surface area contributed by atoms with Gasteiger partial charge >= 0.3 is 0 Å². The van der Waals surface area contributed by atoms with Crippen LogP contribution < -0.4 is 0 Å². The minimum absolute atomic E-state index is 1.51. The Kier molecular flexibility index (Phi) is 0.611. The van der Waals surface area contributed by atoms with Crippen molar-refractivity contribution in [2.24, 2.45) is 0 Å². The van der Waals surface area contributed by atoms with E-state index in [1.54, 1.807) is 0 Å². The van der Waals surface area contributed by atoms with E-state index < -0.39 is 0 Å². The molecule has 2 rings (SSSR count). The van der Waals surface area contributed by atoms with Gasteiger partial charge in [0.15, 0.2) is 0 Å². The number of rotatable bonds is 0. The Bertz CT molecular complexity index is 274. The van der Waals surface area contributed by atoms with Gasteiger partial charge in [-0.05, 0) is 10.4 Å². The summed E-state index contributed by atoms with van der Waals surface area (Å²) in [5, 5.41) is 19.5. The largest absolute Gasteiger partial charge is 0.185 e. The summed E-state index contributed by atoms with van der Waals surface area (Å²) in [6.45, 7) is 0. The lowest BCUT2D eigenvalue weighted by atomic mass is 12.4. The van der Waals surface area contributed by atoms with Crippen molar-refractivity contribution in [1.82, 2.24) is 46.0 Å². The first-order valence-electron chi connectivity index (χ1n) is 2.24. The standard InChI is InChI=1S/H5N9/c1-2-4-6-9-7-8(9)5-3-1/h7H,(H2,1,4,5)(H2,2,3,6). The number of fused-ring (bicyclic) bond motifs is 1. The molecule has 9 nitrogen and oxygen atoms in total. The van der Waals surface area contributed by atoms with Crippen molar-refractivity contribution in [3.05, 3.63) is 0 Å². The molecule has 0 bridgehead atoms. The maximum atomic E-state index is 3.39. The third kappa shape index (κ3) is 0.628. The predicted molar refractivity (Wildman–Crippen MR) is 24.6 cm³/mol. The molecule has 2 aromatic rings. The van der Waals surface area contributed by atoms with E-state index in [2.05, 4.69) is 36.5 Å². The van der Waals surface area contributed by atoms with E-state index in [0.29, 0.717) is 0 Å². The first-order chi connectivity index (χ1) is 4.47. The zero-order chi connectivity index (χ0) is 6.10. The van der Waals surface area contributed by atoms with Crippen molar-refractivity contribution >= 4 is 0 Å². The van der Waals surface area contributed by atoms with Gasteiger partial charge in [0.05, 0.1) is 0 Å². The summed E-state index contributed by atoms with van der Waals surface area (Å²) >= 11 is 0. The van der Waals surface area contributed by atoms with E-state index in [1.165, 1.54) is 9.49 Å². The number of hydrogen-bond acceptors (Lipinski definition) is 2. The summed E-state index contributed by atoms with van der Waals surface area (Å²) in [5.74, 6) is 0. The van der Waals surface area contributed by atoms with E-state index in [9.17, 15) is 0 Å². The summed E-state index contributed by atoms with van der Waals surface area (Å²) in [6.07, 6.45) is 0. The molecule has 2 heterocycles. The average Bonchev–Trinajstić information content (AvgIpc) is 2.46. The van der Waals surface area contributed by atoms with Crippen LogP contribution in [0.1, 0.15) is 0 Å². The van der Waals surface area contributed by atoms with Crippen LogP contribution in [0.25, 0.3) is 0 Å². The molecule has 0 saturated carbocycles. The Morgan fingerprint density at radius 1 is 0.889 bits per heavy atom. The van der Waals surface area contributed by atoms with Gasteiger partial charge < -0.3 is 0 Å². The molecule has 0 atom stereocenters. The zero-order valence-electron chi connectivity index (χ0n) is 4.29. The monoisotopic (exact) mass is 131 g/mol. The van der Waals surface area contributed by atoms with Crippen LogP contribution >= 0.6 is 0 Å². The fourth-order valence-corrected chi connectivity index (χ4v) is 0.409. The number of aromatic nitrogens is 9. The van der Waals surface area contributed by atoms with E-state index >= 15 is 0 Å². The van der Waals surface area contributed by atoms with E-state index in [-0.39, 0.29) is 0 Å². The molecule has 9 heavy (non-hydrogen) atoms. The number of H-pyrrole nitrogens is 5. The summed E-state index contributed by atoms with van der Waals surface area (Å²) in [5.41, 5.74) is 0. The van der Waals surface area contributed by atoms with Gasteiger partial charge in [0, 0.05) is 0 Å². The molecule has 0 aliphatic heterocycles. The highest BCUT2D eigenvalue weighted by molar-refractivity contribution is 4.16. The third-order valence-corrected chi connectivity index (χ3v) is 0.812. The van der Waals surface area contributed by atoms with Gasteiger partial charge in [0.25, 0.3) is 0 Å². The van der Waals surface area contributed by atoms with Gasteiger partial charge in [0.2, 0.25) is 0 Å². The van der Waals surface area contributed by atoms with Gasteiger partial charge in [-0.1, -0.05) is 9.49 Å². The second-order valence-corrected chi connectivity index (χ2v) is 1.37. The molecule has 0 spiro atoms. The minimum atomic E-state index is 1.51. The first kappa shape index (κ1) is 4.12. The quantitative estimate of drug-likeness (QED) is 0.289. The molecule has 0 unspecified atom stereocenters. The highest BCUT2D eigenvalue weighted by Crippen LogP contribution is 1.63. The van der Waals surface area contributed by atoms with Crippen LogP contribution in [0.2, 0.25) is 0 Å². The van der Waals surface area contributed by atoms with Crippen molar-refractivity contribution in [2.75, 3.05) is 0 Å². The molecule has 2 aromatic heterocycles. The summed E-state index contributed by atoms with van der Waals surface area (Å²) in [4.78, 5) is 0. The molecule has 0 radical (unpaired) electrons. The maximum absolute atomic E-state index is 3.39. The Morgan fingerprint density at radius 3 is 2.00 bits per heavy atom. The lowest BCUT2D eigenvalue weighted by Crippen LogP contribution is -1.96. The second-order valence-electron chi connectivity index (χ2n) is 1.37. The molecule has 0 amide bonds. The van der Waals surface area contributed by atoms with Crippen LogP contribution in [0.5, 0.6) is 0 Å². The molecule has 5 N–H and O–H groups in total. The normalized spacial score (nSPS) is 10.2. The molecule has 9 heteroatoms. The topological polar surface area (TPSA) is 114 Å². The van der Waals surface area contributed by atoms with Crippen molar-refractivity contribution < 1.29 is 0 Å². The fourth-order valence-electron chi connectivity index (χ4n) is 0.409. The highest BCUT2D eigenvalue weighted by atomic mass is 16.0. The number of hydrogen-bond donors (Lipinski definition) is 5. The highest BCUT2D eigenvalue weighted by Gasteiger charge is 1.85. The first-order valence-corrected chi connectivity index (χ1v) is 2.24. The van der Waals surface area contributed by atoms with E-state index in [4.69, 9.17) is 0 Å². The van der Waals surface area contributed by atoms with Gasteiger partial charge in [-0.2, -0.15) is 26.1 Å². The van der Waals surface area contributed by atoms with Gasteiger partial charge in [-0.25, -0.2) is 0 Å².